The number of methoxy groups -OCH3 is 1. The largest absolute Gasteiger partial charge is 0.497 e. The Morgan fingerprint density at radius 3 is 2.90 bits per heavy atom. The van der Waals surface area contributed by atoms with E-state index in [4.69, 9.17) is 9.37 Å². The SMILES string of the molecule is COc1ccc(CN2C[C@@H]3C[C@@H](c4cccc5nonc45)N4CCC[C@@]34C2=O)cc1. The van der Waals surface area contributed by atoms with Crippen LogP contribution >= 0.6 is 0 Å². The van der Waals surface area contributed by atoms with Crippen molar-refractivity contribution in [2.24, 2.45) is 5.92 Å². The summed E-state index contributed by atoms with van der Waals surface area (Å²) in [5.41, 5.74) is 3.52. The summed E-state index contributed by atoms with van der Waals surface area (Å²) in [7, 11) is 1.67. The van der Waals surface area contributed by atoms with E-state index in [0.717, 1.165) is 60.3 Å². The van der Waals surface area contributed by atoms with Gasteiger partial charge in [-0.25, -0.2) is 4.63 Å². The Balaban J connectivity index is 1.30. The second-order valence-electron chi connectivity index (χ2n) is 8.68. The first kappa shape index (κ1) is 17.9. The Labute approximate surface area is 174 Å². The lowest BCUT2D eigenvalue weighted by molar-refractivity contribution is -0.137. The highest BCUT2D eigenvalue weighted by Crippen LogP contribution is 2.56. The van der Waals surface area contributed by atoms with Crippen molar-refractivity contribution in [3.63, 3.8) is 0 Å². The van der Waals surface area contributed by atoms with E-state index in [-0.39, 0.29) is 17.5 Å². The molecule has 0 aliphatic carbocycles. The number of carbonyl (C=O) groups is 1. The van der Waals surface area contributed by atoms with Crippen LogP contribution in [0.25, 0.3) is 11.0 Å². The molecule has 3 aromatic rings. The minimum atomic E-state index is -0.365. The first-order valence-corrected chi connectivity index (χ1v) is 10.6. The van der Waals surface area contributed by atoms with Crippen LogP contribution < -0.4 is 4.74 Å². The fraction of sp³-hybridized carbons (Fsp3) is 0.435. The molecule has 3 aliphatic heterocycles. The number of carbonyl (C=O) groups excluding carboxylic acids is 1. The lowest BCUT2D eigenvalue weighted by atomic mass is 9.85. The molecule has 3 atom stereocenters. The molecule has 1 spiro atoms. The third-order valence-electron chi connectivity index (χ3n) is 7.34. The van der Waals surface area contributed by atoms with Gasteiger partial charge in [-0.1, -0.05) is 24.3 Å². The summed E-state index contributed by atoms with van der Waals surface area (Å²) < 4.78 is 10.2. The highest BCUT2D eigenvalue weighted by molar-refractivity contribution is 5.90. The van der Waals surface area contributed by atoms with Crippen molar-refractivity contribution in [1.29, 1.82) is 0 Å². The van der Waals surface area contributed by atoms with E-state index in [1.807, 2.05) is 36.4 Å². The first-order chi connectivity index (χ1) is 14.7. The number of amides is 1. The van der Waals surface area contributed by atoms with Crippen LogP contribution in [-0.2, 0) is 11.3 Å². The van der Waals surface area contributed by atoms with Crippen LogP contribution in [0.4, 0.5) is 0 Å². The van der Waals surface area contributed by atoms with Crippen molar-refractivity contribution in [1.82, 2.24) is 20.1 Å². The van der Waals surface area contributed by atoms with E-state index in [0.29, 0.717) is 12.5 Å². The Kier molecular flexibility index (Phi) is 3.90. The van der Waals surface area contributed by atoms with Crippen molar-refractivity contribution in [2.45, 2.75) is 37.4 Å². The quantitative estimate of drug-likeness (QED) is 0.665. The van der Waals surface area contributed by atoms with Gasteiger partial charge in [0.05, 0.1) is 7.11 Å². The second kappa shape index (κ2) is 6.54. The number of ether oxygens (including phenoxy) is 1. The molecule has 0 N–H and O–H groups in total. The van der Waals surface area contributed by atoms with Crippen LogP contribution in [0.15, 0.2) is 47.1 Å². The van der Waals surface area contributed by atoms with Crippen LogP contribution in [-0.4, -0.2) is 51.8 Å². The van der Waals surface area contributed by atoms with Crippen LogP contribution in [0, 0.1) is 5.92 Å². The third kappa shape index (κ3) is 2.38. The van der Waals surface area contributed by atoms with E-state index < -0.39 is 0 Å². The van der Waals surface area contributed by atoms with Gasteiger partial charge in [0.1, 0.15) is 22.3 Å². The molecular weight excluding hydrogens is 380 g/mol. The van der Waals surface area contributed by atoms with E-state index >= 15 is 0 Å². The van der Waals surface area contributed by atoms with Gasteiger partial charge in [-0.3, -0.25) is 9.69 Å². The molecule has 2 aromatic carbocycles. The fourth-order valence-corrected chi connectivity index (χ4v) is 6.06. The number of fused-ring (bicyclic) bond motifs is 1. The van der Waals surface area contributed by atoms with E-state index in [2.05, 4.69) is 26.2 Å². The van der Waals surface area contributed by atoms with Gasteiger partial charge in [-0.15, -0.1) is 0 Å². The molecule has 3 saturated heterocycles. The summed E-state index contributed by atoms with van der Waals surface area (Å²) in [6, 6.07) is 14.3. The summed E-state index contributed by atoms with van der Waals surface area (Å²) in [6.07, 6.45) is 2.97. The number of nitrogens with zero attached hydrogens (tertiary/aromatic N) is 4. The maximum atomic E-state index is 13.7. The third-order valence-corrected chi connectivity index (χ3v) is 7.34. The zero-order chi connectivity index (χ0) is 20.3. The van der Waals surface area contributed by atoms with E-state index in [1.54, 1.807) is 7.11 Å². The molecule has 3 aliphatic rings. The van der Waals surface area contributed by atoms with Crippen LogP contribution in [0.2, 0.25) is 0 Å². The van der Waals surface area contributed by atoms with Gasteiger partial charge in [0.15, 0.2) is 0 Å². The predicted molar refractivity (Wildman–Crippen MR) is 110 cm³/mol. The lowest BCUT2D eigenvalue weighted by Crippen LogP contribution is -2.49. The summed E-state index contributed by atoms with van der Waals surface area (Å²) in [5, 5.41) is 8.16. The van der Waals surface area contributed by atoms with Gasteiger partial charge in [0.2, 0.25) is 5.91 Å². The van der Waals surface area contributed by atoms with Crippen molar-refractivity contribution in [3.8, 4) is 5.75 Å². The molecule has 4 heterocycles. The highest BCUT2D eigenvalue weighted by Gasteiger charge is 2.65. The number of benzene rings is 2. The van der Waals surface area contributed by atoms with Gasteiger partial charge in [0.25, 0.3) is 0 Å². The molecule has 1 aromatic heterocycles. The van der Waals surface area contributed by atoms with Gasteiger partial charge < -0.3 is 9.64 Å². The van der Waals surface area contributed by atoms with Gasteiger partial charge in [0, 0.05) is 30.6 Å². The minimum Gasteiger partial charge on any atom is -0.497 e. The molecular formula is C23H24N4O3. The van der Waals surface area contributed by atoms with Crippen molar-refractivity contribution >= 4 is 16.9 Å². The van der Waals surface area contributed by atoms with Crippen molar-refractivity contribution in [2.75, 3.05) is 20.2 Å². The maximum absolute atomic E-state index is 13.7. The van der Waals surface area contributed by atoms with Crippen molar-refractivity contribution < 1.29 is 14.2 Å². The van der Waals surface area contributed by atoms with E-state index in [1.165, 1.54) is 0 Å². The van der Waals surface area contributed by atoms with Crippen LogP contribution in [0.1, 0.15) is 36.4 Å². The summed E-state index contributed by atoms with van der Waals surface area (Å²) >= 11 is 0. The molecule has 0 radical (unpaired) electrons. The summed E-state index contributed by atoms with van der Waals surface area (Å²) in [5.74, 6) is 1.46. The molecule has 7 heteroatoms. The Morgan fingerprint density at radius 1 is 1.20 bits per heavy atom. The predicted octanol–water partition coefficient (Wildman–Crippen LogP) is 3.17. The number of likely N-dealkylation sites (tertiary alicyclic amines) is 1. The number of hydrogen-bond donors (Lipinski definition) is 0. The van der Waals surface area contributed by atoms with Crippen molar-refractivity contribution in [3.05, 3.63) is 53.6 Å². The highest BCUT2D eigenvalue weighted by atomic mass is 16.6. The summed E-state index contributed by atoms with van der Waals surface area (Å²) in [4.78, 5) is 18.2. The maximum Gasteiger partial charge on any atom is 0.243 e. The molecule has 0 saturated carbocycles. The topological polar surface area (TPSA) is 71.7 Å². The number of aromatic nitrogens is 2. The smallest absolute Gasteiger partial charge is 0.243 e. The average molecular weight is 404 g/mol. The average Bonchev–Trinajstić information content (AvgIpc) is 3.52. The molecule has 0 unspecified atom stereocenters. The van der Waals surface area contributed by atoms with Gasteiger partial charge in [-0.05, 0) is 59.9 Å². The number of rotatable bonds is 4. The Hall–Kier alpha value is -2.93. The minimum absolute atomic E-state index is 0.195. The normalized spacial score (nSPS) is 28.3. The molecule has 154 valence electrons. The molecule has 30 heavy (non-hydrogen) atoms. The van der Waals surface area contributed by atoms with Gasteiger partial charge in [-0.2, -0.15) is 0 Å². The second-order valence-corrected chi connectivity index (χ2v) is 8.68. The zero-order valence-electron chi connectivity index (χ0n) is 17.0. The lowest BCUT2D eigenvalue weighted by Gasteiger charge is -2.33. The monoisotopic (exact) mass is 404 g/mol. The van der Waals surface area contributed by atoms with Crippen LogP contribution in [0.5, 0.6) is 5.75 Å². The Morgan fingerprint density at radius 2 is 2.07 bits per heavy atom. The van der Waals surface area contributed by atoms with Gasteiger partial charge >= 0.3 is 0 Å². The summed E-state index contributed by atoms with van der Waals surface area (Å²) in [6.45, 7) is 2.41. The molecule has 0 bridgehead atoms. The molecule has 6 rings (SSSR count). The molecule has 7 nitrogen and oxygen atoms in total. The molecule has 3 fully saturated rings. The zero-order valence-corrected chi connectivity index (χ0v) is 17.0. The fourth-order valence-electron chi connectivity index (χ4n) is 6.06. The Bertz CT molecular complexity index is 1110. The van der Waals surface area contributed by atoms with E-state index in [9.17, 15) is 4.79 Å². The standard InChI is InChI=1S/C23H24N4O3/c1-29-17-8-6-15(7-9-17)13-26-14-16-12-20(27-11-3-10-23(16,27)22(26)28)18-4-2-5-19-21(18)25-30-24-19/h2,4-9,16,20H,3,10-14H2,1H3/t16-,20-,23-/m0/s1. The first-order valence-electron chi connectivity index (χ1n) is 10.6. The number of hydrogen-bond acceptors (Lipinski definition) is 6. The van der Waals surface area contributed by atoms with Crippen LogP contribution in [0.3, 0.4) is 0 Å². The molecule has 1 amide bonds.